The van der Waals surface area contributed by atoms with E-state index < -0.39 is 0 Å². The molecule has 6 nitrogen and oxygen atoms in total. The summed E-state index contributed by atoms with van der Waals surface area (Å²) in [7, 11) is 1.99. The number of rotatable bonds is 4. The summed E-state index contributed by atoms with van der Waals surface area (Å²) in [6.07, 6.45) is 5.66. The lowest BCUT2D eigenvalue weighted by Gasteiger charge is -2.06. The first-order valence-corrected chi connectivity index (χ1v) is 8.75. The van der Waals surface area contributed by atoms with Crippen molar-refractivity contribution in [2.75, 3.05) is 6.79 Å². The highest BCUT2D eigenvalue weighted by Crippen LogP contribution is 2.36. The molecule has 0 bridgehead atoms. The molecule has 0 saturated heterocycles. The molecule has 3 heterocycles. The molecular weight excluding hydrogens is 340 g/mol. The van der Waals surface area contributed by atoms with Crippen molar-refractivity contribution in [3.63, 3.8) is 0 Å². The molecule has 1 aliphatic rings. The Bertz CT molecular complexity index is 1110. The van der Waals surface area contributed by atoms with E-state index in [-0.39, 0.29) is 6.79 Å². The highest BCUT2D eigenvalue weighted by Gasteiger charge is 2.14. The van der Waals surface area contributed by atoms with Gasteiger partial charge >= 0.3 is 0 Å². The fraction of sp³-hybridized carbons (Fsp3) is 0.143. The molecule has 6 heteroatoms. The van der Waals surface area contributed by atoms with E-state index in [1.54, 1.807) is 6.33 Å². The van der Waals surface area contributed by atoms with Crippen molar-refractivity contribution in [2.24, 2.45) is 7.05 Å². The van der Waals surface area contributed by atoms with Gasteiger partial charge in [0.2, 0.25) is 6.79 Å². The normalized spacial score (nSPS) is 12.5. The molecule has 1 aliphatic heterocycles. The quantitative estimate of drug-likeness (QED) is 0.558. The number of fused-ring (bicyclic) bond motifs is 1. The van der Waals surface area contributed by atoms with Gasteiger partial charge in [-0.25, -0.2) is 4.98 Å². The van der Waals surface area contributed by atoms with E-state index in [0.717, 1.165) is 39.6 Å². The van der Waals surface area contributed by atoms with Gasteiger partial charge in [-0.3, -0.25) is 4.68 Å². The van der Waals surface area contributed by atoms with Crippen LogP contribution >= 0.6 is 0 Å². The van der Waals surface area contributed by atoms with E-state index in [9.17, 15) is 0 Å². The predicted molar refractivity (Wildman–Crippen MR) is 102 cm³/mol. The molecule has 27 heavy (non-hydrogen) atoms. The number of benzene rings is 2. The number of nitrogens with zero attached hydrogens (tertiary/aromatic N) is 4. The van der Waals surface area contributed by atoms with Crippen molar-refractivity contribution in [1.82, 2.24) is 19.3 Å². The van der Waals surface area contributed by atoms with Gasteiger partial charge < -0.3 is 14.0 Å². The first kappa shape index (κ1) is 15.7. The van der Waals surface area contributed by atoms with Gasteiger partial charge in [-0.05, 0) is 35.4 Å². The molecule has 2 aromatic carbocycles. The monoisotopic (exact) mass is 358 g/mol. The first-order valence-electron chi connectivity index (χ1n) is 8.75. The predicted octanol–water partition coefficient (Wildman–Crippen LogP) is 3.73. The number of ether oxygens (including phenoxy) is 2. The van der Waals surface area contributed by atoms with E-state index in [4.69, 9.17) is 14.6 Å². The fourth-order valence-corrected chi connectivity index (χ4v) is 3.24. The van der Waals surface area contributed by atoms with Crippen molar-refractivity contribution in [3.05, 3.63) is 72.9 Å². The largest absolute Gasteiger partial charge is 0.454 e. The molecule has 0 atom stereocenters. The van der Waals surface area contributed by atoms with Gasteiger partial charge in [0, 0.05) is 18.8 Å². The van der Waals surface area contributed by atoms with Gasteiger partial charge in [0.15, 0.2) is 11.5 Å². The second kappa shape index (κ2) is 6.32. The summed E-state index contributed by atoms with van der Waals surface area (Å²) >= 11 is 0. The maximum Gasteiger partial charge on any atom is 0.231 e. The summed E-state index contributed by atoms with van der Waals surface area (Å²) in [4.78, 5) is 4.16. The van der Waals surface area contributed by atoms with Crippen molar-refractivity contribution in [2.45, 2.75) is 6.54 Å². The second-order valence-corrected chi connectivity index (χ2v) is 6.54. The first-order chi connectivity index (χ1) is 13.3. The van der Waals surface area contributed by atoms with E-state index in [2.05, 4.69) is 29.2 Å². The van der Waals surface area contributed by atoms with Crippen LogP contribution in [0, 0.1) is 0 Å². The lowest BCUT2D eigenvalue weighted by molar-refractivity contribution is 0.174. The van der Waals surface area contributed by atoms with Crippen molar-refractivity contribution in [1.29, 1.82) is 0 Å². The summed E-state index contributed by atoms with van der Waals surface area (Å²) in [5.74, 6) is 1.59. The van der Waals surface area contributed by atoms with E-state index in [1.165, 1.54) is 0 Å². The minimum absolute atomic E-state index is 0.285. The molecule has 0 fully saturated rings. The third kappa shape index (κ3) is 2.95. The Morgan fingerprint density at radius 1 is 0.963 bits per heavy atom. The van der Waals surface area contributed by atoms with Crippen molar-refractivity contribution < 1.29 is 9.47 Å². The zero-order chi connectivity index (χ0) is 18.2. The maximum atomic E-state index is 5.49. The molecule has 0 N–H and O–H groups in total. The van der Waals surface area contributed by atoms with Crippen molar-refractivity contribution in [3.8, 4) is 33.9 Å². The lowest BCUT2D eigenvalue weighted by Crippen LogP contribution is -2.04. The molecule has 5 rings (SSSR count). The standard InChI is InChI=1S/C21H18N4O2/c1-24-13-22-11-18(24)12-25-8-7-19(23-25)17-4-2-3-15(9-17)16-5-6-20-21(10-16)27-14-26-20/h2-11,13H,12,14H2,1H3. The van der Waals surface area contributed by atoms with Gasteiger partial charge in [-0.2, -0.15) is 5.10 Å². The van der Waals surface area contributed by atoms with Crippen LogP contribution in [0.15, 0.2) is 67.3 Å². The summed E-state index contributed by atoms with van der Waals surface area (Å²) < 4.78 is 14.8. The van der Waals surface area contributed by atoms with Crippen LogP contribution in [0.5, 0.6) is 11.5 Å². The average Bonchev–Trinajstić information content (AvgIpc) is 3.43. The van der Waals surface area contributed by atoms with Gasteiger partial charge in [0.25, 0.3) is 0 Å². The highest BCUT2D eigenvalue weighted by molar-refractivity contribution is 5.73. The lowest BCUT2D eigenvalue weighted by atomic mass is 10.0. The van der Waals surface area contributed by atoms with Crippen LogP contribution in [-0.2, 0) is 13.6 Å². The van der Waals surface area contributed by atoms with Crippen LogP contribution in [0.2, 0.25) is 0 Å². The van der Waals surface area contributed by atoms with Gasteiger partial charge in [0.1, 0.15) is 0 Å². The Hall–Kier alpha value is -3.54. The molecule has 0 amide bonds. The van der Waals surface area contributed by atoms with Crippen LogP contribution < -0.4 is 9.47 Å². The third-order valence-corrected chi connectivity index (χ3v) is 4.75. The highest BCUT2D eigenvalue weighted by atomic mass is 16.7. The maximum absolute atomic E-state index is 5.49. The van der Waals surface area contributed by atoms with E-state index in [0.29, 0.717) is 6.54 Å². The Balaban J connectivity index is 1.43. The number of hydrogen-bond acceptors (Lipinski definition) is 4. The minimum Gasteiger partial charge on any atom is -0.454 e. The smallest absolute Gasteiger partial charge is 0.231 e. The summed E-state index contributed by atoms with van der Waals surface area (Å²) in [5.41, 5.74) is 5.34. The summed E-state index contributed by atoms with van der Waals surface area (Å²) in [6.45, 7) is 0.977. The molecular formula is C21H18N4O2. The van der Waals surface area contributed by atoms with Crippen LogP contribution in [0.25, 0.3) is 22.4 Å². The number of hydrogen-bond donors (Lipinski definition) is 0. The molecule has 0 unspecified atom stereocenters. The zero-order valence-corrected chi connectivity index (χ0v) is 14.9. The van der Waals surface area contributed by atoms with Crippen LogP contribution in [0.3, 0.4) is 0 Å². The molecule has 0 aliphatic carbocycles. The topological polar surface area (TPSA) is 54.1 Å². The zero-order valence-electron chi connectivity index (χ0n) is 14.9. The summed E-state index contributed by atoms with van der Waals surface area (Å²) in [6, 6.07) is 16.4. The molecule has 0 saturated carbocycles. The molecule has 134 valence electrons. The van der Waals surface area contributed by atoms with Crippen LogP contribution in [0.1, 0.15) is 5.69 Å². The minimum atomic E-state index is 0.285. The Morgan fingerprint density at radius 3 is 2.70 bits per heavy atom. The SMILES string of the molecule is Cn1cncc1Cn1ccc(-c2cccc(-c3ccc4c(c3)OCO4)c2)n1. The fourth-order valence-electron chi connectivity index (χ4n) is 3.24. The number of aromatic nitrogens is 4. The summed E-state index contributed by atoms with van der Waals surface area (Å²) in [5, 5.41) is 4.72. The molecule has 0 radical (unpaired) electrons. The Kier molecular flexibility index (Phi) is 3.67. The van der Waals surface area contributed by atoms with Gasteiger partial charge in [-0.1, -0.05) is 24.3 Å². The van der Waals surface area contributed by atoms with Crippen LogP contribution in [-0.4, -0.2) is 26.1 Å². The average molecular weight is 358 g/mol. The Labute approximate surface area is 156 Å². The van der Waals surface area contributed by atoms with Crippen LogP contribution in [0.4, 0.5) is 0 Å². The molecule has 4 aromatic rings. The molecule has 2 aromatic heterocycles. The number of aryl methyl sites for hydroxylation is 1. The third-order valence-electron chi connectivity index (χ3n) is 4.75. The number of imidazole rings is 1. The second-order valence-electron chi connectivity index (χ2n) is 6.54. The van der Waals surface area contributed by atoms with Gasteiger partial charge in [0.05, 0.1) is 30.5 Å². The van der Waals surface area contributed by atoms with Crippen molar-refractivity contribution >= 4 is 0 Å². The van der Waals surface area contributed by atoms with E-state index in [1.807, 2.05) is 53.0 Å². The Morgan fingerprint density at radius 2 is 1.81 bits per heavy atom. The van der Waals surface area contributed by atoms with E-state index >= 15 is 0 Å². The van der Waals surface area contributed by atoms with Gasteiger partial charge in [-0.15, -0.1) is 0 Å². The molecule has 0 spiro atoms.